The molecule has 0 fully saturated rings. The van der Waals surface area contributed by atoms with Gasteiger partial charge >= 0.3 is 0 Å². The van der Waals surface area contributed by atoms with E-state index in [9.17, 15) is 4.79 Å². The van der Waals surface area contributed by atoms with Crippen molar-refractivity contribution in [3.63, 3.8) is 0 Å². The van der Waals surface area contributed by atoms with Crippen LogP contribution in [0.5, 0.6) is 0 Å². The summed E-state index contributed by atoms with van der Waals surface area (Å²) in [6.07, 6.45) is 0. The van der Waals surface area contributed by atoms with Crippen LogP contribution in [-0.4, -0.2) is 13.0 Å². The van der Waals surface area contributed by atoms with Crippen molar-refractivity contribution in [2.24, 2.45) is 0 Å². The molecule has 2 aromatic rings. The molecule has 20 heavy (non-hydrogen) atoms. The Bertz CT molecular complexity index is 613. The summed E-state index contributed by atoms with van der Waals surface area (Å²) in [6.45, 7) is 0.930. The van der Waals surface area contributed by atoms with E-state index in [2.05, 4.69) is 5.32 Å². The Morgan fingerprint density at radius 1 is 1.30 bits per heavy atom. The van der Waals surface area contributed by atoms with Crippen LogP contribution >= 0.6 is 34.5 Å². The van der Waals surface area contributed by atoms with Crippen LogP contribution in [0.15, 0.2) is 30.3 Å². The number of benzene rings is 1. The number of amides is 1. The molecule has 0 spiro atoms. The second-order valence-electron chi connectivity index (χ2n) is 4.12. The van der Waals surface area contributed by atoms with Gasteiger partial charge in [-0.2, -0.15) is 0 Å². The average molecular weight is 330 g/mol. The summed E-state index contributed by atoms with van der Waals surface area (Å²) >= 11 is 13.0. The Morgan fingerprint density at radius 2 is 2.00 bits per heavy atom. The molecule has 1 heterocycles. The minimum absolute atomic E-state index is 0.231. The maximum Gasteiger partial charge on any atom is 0.253 e. The Morgan fingerprint density at radius 3 is 2.60 bits per heavy atom. The molecule has 1 aromatic carbocycles. The molecule has 0 bridgehead atoms. The van der Waals surface area contributed by atoms with Crippen molar-refractivity contribution in [1.82, 2.24) is 5.32 Å². The second kappa shape index (κ2) is 7.09. The van der Waals surface area contributed by atoms with Gasteiger partial charge in [-0.3, -0.25) is 4.79 Å². The Hall–Kier alpha value is -1.07. The maximum absolute atomic E-state index is 12.0. The lowest BCUT2D eigenvalue weighted by atomic mass is 10.1. The van der Waals surface area contributed by atoms with Crippen LogP contribution in [0.3, 0.4) is 0 Å². The highest BCUT2D eigenvalue weighted by Crippen LogP contribution is 2.31. The molecule has 0 aliphatic heterocycles. The van der Waals surface area contributed by atoms with Crippen molar-refractivity contribution in [3.8, 4) is 0 Å². The van der Waals surface area contributed by atoms with Gasteiger partial charge in [0.15, 0.2) is 0 Å². The topological polar surface area (TPSA) is 38.3 Å². The van der Waals surface area contributed by atoms with Crippen LogP contribution in [0.1, 0.15) is 21.5 Å². The number of nitrogens with one attached hydrogen (secondary N) is 1. The monoisotopic (exact) mass is 329 g/mol. The third-order valence-electron chi connectivity index (χ3n) is 2.76. The molecule has 3 nitrogen and oxygen atoms in total. The predicted octanol–water partition coefficient (Wildman–Crippen LogP) is 4.13. The number of hydrogen-bond acceptors (Lipinski definition) is 3. The van der Waals surface area contributed by atoms with Gasteiger partial charge in [-0.15, -0.1) is 11.3 Å². The molecule has 2 rings (SSSR count). The zero-order valence-corrected chi connectivity index (χ0v) is 13.1. The summed E-state index contributed by atoms with van der Waals surface area (Å²) in [5.74, 6) is -0.231. The Kier molecular flexibility index (Phi) is 5.43. The molecule has 106 valence electrons. The summed E-state index contributed by atoms with van der Waals surface area (Å²) in [5, 5.41) is 2.84. The van der Waals surface area contributed by atoms with Gasteiger partial charge in [0.2, 0.25) is 0 Å². The summed E-state index contributed by atoms with van der Waals surface area (Å²) in [7, 11) is 1.64. The van der Waals surface area contributed by atoms with Gasteiger partial charge in [0.05, 0.1) is 16.5 Å². The van der Waals surface area contributed by atoms with E-state index in [0.717, 1.165) is 11.1 Å². The fourth-order valence-corrected chi connectivity index (χ4v) is 3.25. The van der Waals surface area contributed by atoms with Gasteiger partial charge in [-0.25, -0.2) is 0 Å². The third kappa shape index (κ3) is 3.73. The van der Waals surface area contributed by atoms with Gasteiger partial charge in [-0.05, 0) is 17.2 Å². The Labute approximate surface area is 131 Å². The van der Waals surface area contributed by atoms with Crippen molar-refractivity contribution in [1.29, 1.82) is 0 Å². The van der Waals surface area contributed by atoms with Crippen molar-refractivity contribution >= 4 is 40.4 Å². The number of rotatable bonds is 5. The van der Waals surface area contributed by atoms with Gasteiger partial charge in [-0.1, -0.05) is 47.5 Å². The first-order chi connectivity index (χ1) is 9.61. The summed E-state index contributed by atoms with van der Waals surface area (Å²) in [6, 6.07) is 9.37. The Balaban J connectivity index is 2.05. The van der Waals surface area contributed by atoms with Crippen molar-refractivity contribution in [3.05, 3.63) is 55.7 Å². The fraction of sp³-hybridized carbons (Fsp3) is 0.214. The first-order valence-corrected chi connectivity index (χ1v) is 7.48. The van der Waals surface area contributed by atoms with E-state index in [1.165, 1.54) is 11.3 Å². The number of methoxy groups -OCH3 is 1. The van der Waals surface area contributed by atoms with Gasteiger partial charge < -0.3 is 10.1 Å². The molecule has 1 aromatic heterocycles. The lowest BCUT2D eigenvalue weighted by Crippen LogP contribution is -2.23. The van der Waals surface area contributed by atoms with E-state index in [-0.39, 0.29) is 5.91 Å². The molecule has 1 N–H and O–H groups in total. The molecular formula is C14H13Cl2NO2S. The number of halogens is 2. The standard InChI is InChI=1S/C14H13Cl2NO2S/c1-19-8-10-5-3-2-4-9(10)7-17-14(18)11-6-12(15)20-13(11)16/h2-6H,7-8H2,1H3,(H,17,18). The summed E-state index contributed by atoms with van der Waals surface area (Å²) in [4.78, 5) is 12.0. The van der Waals surface area contributed by atoms with E-state index >= 15 is 0 Å². The zero-order valence-electron chi connectivity index (χ0n) is 10.8. The molecule has 0 saturated heterocycles. The lowest BCUT2D eigenvalue weighted by Gasteiger charge is -2.09. The lowest BCUT2D eigenvalue weighted by molar-refractivity contribution is 0.0951. The van der Waals surface area contributed by atoms with E-state index < -0.39 is 0 Å². The van der Waals surface area contributed by atoms with Crippen LogP contribution in [0.2, 0.25) is 8.67 Å². The van der Waals surface area contributed by atoms with Crippen molar-refractivity contribution in [2.45, 2.75) is 13.2 Å². The van der Waals surface area contributed by atoms with Crippen LogP contribution in [0, 0.1) is 0 Å². The van der Waals surface area contributed by atoms with Crippen molar-refractivity contribution < 1.29 is 9.53 Å². The third-order valence-corrected chi connectivity index (χ3v) is 4.25. The molecule has 0 atom stereocenters. The van der Waals surface area contributed by atoms with Gasteiger partial charge in [0.1, 0.15) is 4.34 Å². The predicted molar refractivity (Wildman–Crippen MR) is 82.7 cm³/mol. The minimum atomic E-state index is -0.231. The van der Waals surface area contributed by atoms with Crippen molar-refractivity contribution in [2.75, 3.05) is 7.11 Å². The minimum Gasteiger partial charge on any atom is -0.380 e. The maximum atomic E-state index is 12.0. The number of ether oxygens (including phenoxy) is 1. The van der Waals surface area contributed by atoms with E-state index in [0.29, 0.717) is 27.4 Å². The SMILES string of the molecule is COCc1ccccc1CNC(=O)c1cc(Cl)sc1Cl. The zero-order chi connectivity index (χ0) is 14.5. The average Bonchev–Trinajstić information content (AvgIpc) is 2.77. The first kappa shape index (κ1) is 15.3. The molecule has 6 heteroatoms. The molecule has 1 amide bonds. The summed E-state index contributed by atoms with van der Waals surface area (Å²) < 4.78 is 6.03. The van der Waals surface area contributed by atoms with E-state index in [4.69, 9.17) is 27.9 Å². The normalized spacial score (nSPS) is 10.6. The van der Waals surface area contributed by atoms with Crippen LogP contribution in [0.4, 0.5) is 0 Å². The molecule has 0 aliphatic carbocycles. The molecule has 0 saturated carbocycles. The van der Waals surface area contributed by atoms with E-state index in [1.54, 1.807) is 13.2 Å². The quantitative estimate of drug-likeness (QED) is 0.895. The van der Waals surface area contributed by atoms with Crippen LogP contribution in [-0.2, 0) is 17.9 Å². The van der Waals surface area contributed by atoms with Gasteiger partial charge in [0, 0.05) is 13.7 Å². The molecule has 0 radical (unpaired) electrons. The number of carbonyl (C=O) groups excluding carboxylic acids is 1. The number of carbonyl (C=O) groups is 1. The highest BCUT2D eigenvalue weighted by Gasteiger charge is 2.14. The molecule has 0 unspecified atom stereocenters. The van der Waals surface area contributed by atoms with E-state index in [1.807, 2.05) is 24.3 Å². The smallest absolute Gasteiger partial charge is 0.253 e. The number of hydrogen-bond donors (Lipinski definition) is 1. The number of thiophene rings is 1. The van der Waals surface area contributed by atoms with Gasteiger partial charge in [0.25, 0.3) is 5.91 Å². The second-order valence-corrected chi connectivity index (χ2v) is 6.41. The largest absolute Gasteiger partial charge is 0.380 e. The highest BCUT2D eigenvalue weighted by molar-refractivity contribution is 7.20. The molecular weight excluding hydrogens is 317 g/mol. The highest BCUT2D eigenvalue weighted by atomic mass is 35.5. The molecule has 0 aliphatic rings. The van der Waals surface area contributed by atoms with Crippen LogP contribution in [0.25, 0.3) is 0 Å². The summed E-state index contributed by atoms with van der Waals surface area (Å²) in [5.41, 5.74) is 2.47. The van der Waals surface area contributed by atoms with Crippen LogP contribution < -0.4 is 5.32 Å². The first-order valence-electron chi connectivity index (χ1n) is 5.90. The fourth-order valence-electron chi connectivity index (χ4n) is 1.79.